The first-order chi connectivity index (χ1) is 11.8. The van der Waals surface area contributed by atoms with Crippen LogP contribution in [0.4, 0.5) is 0 Å². The number of ether oxygens (including phenoxy) is 1. The van der Waals surface area contributed by atoms with Gasteiger partial charge in [-0.15, -0.1) is 0 Å². The zero-order valence-electron chi connectivity index (χ0n) is 14.9. The fraction of sp³-hybridized carbons (Fsp3) is 0.722. The van der Waals surface area contributed by atoms with Crippen LogP contribution in [0.2, 0.25) is 0 Å². The fourth-order valence-electron chi connectivity index (χ4n) is 3.02. The minimum Gasteiger partial charge on any atom is -0.469 e. The molecule has 1 aliphatic carbocycles. The van der Waals surface area contributed by atoms with Crippen molar-refractivity contribution in [3.8, 4) is 0 Å². The van der Waals surface area contributed by atoms with Crippen molar-refractivity contribution < 1.29 is 9.15 Å². The maximum atomic E-state index is 5.38. The standard InChI is InChI=1S/C18H31N3O2S/c1-3-24-17-8-4-6-15(14-17)21-18(20-11-13-22-2)19-10-9-16-7-5-12-23-16/h5,7,12,15,17H,3-4,6,8-11,13-14H2,1-2H3,(H2,19,20,21). The summed E-state index contributed by atoms with van der Waals surface area (Å²) in [5.74, 6) is 3.09. The lowest BCUT2D eigenvalue weighted by atomic mass is 9.95. The van der Waals surface area contributed by atoms with E-state index in [1.54, 1.807) is 13.4 Å². The van der Waals surface area contributed by atoms with Gasteiger partial charge in [-0.05, 0) is 37.1 Å². The SMILES string of the molecule is CCSC1CCCC(NC(=NCCOC)NCCc2ccco2)C1. The summed E-state index contributed by atoms with van der Waals surface area (Å²) >= 11 is 2.09. The molecule has 2 rings (SSSR count). The summed E-state index contributed by atoms with van der Waals surface area (Å²) in [5, 5.41) is 7.83. The van der Waals surface area contributed by atoms with Crippen LogP contribution in [0.15, 0.2) is 27.8 Å². The van der Waals surface area contributed by atoms with E-state index in [-0.39, 0.29) is 0 Å². The second-order valence-electron chi connectivity index (χ2n) is 6.06. The Morgan fingerprint density at radius 3 is 3.12 bits per heavy atom. The highest BCUT2D eigenvalue weighted by molar-refractivity contribution is 7.99. The number of hydrogen-bond donors (Lipinski definition) is 2. The monoisotopic (exact) mass is 353 g/mol. The van der Waals surface area contributed by atoms with Gasteiger partial charge < -0.3 is 19.8 Å². The average molecular weight is 354 g/mol. The van der Waals surface area contributed by atoms with Crippen molar-refractivity contribution in [1.29, 1.82) is 0 Å². The van der Waals surface area contributed by atoms with E-state index in [0.29, 0.717) is 19.2 Å². The third-order valence-electron chi connectivity index (χ3n) is 4.18. The molecule has 0 spiro atoms. The van der Waals surface area contributed by atoms with Gasteiger partial charge in [0.1, 0.15) is 5.76 Å². The normalized spacial score (nSPS) is 21.7. The lowest BCUT2D eigenvalue weighted by molar-refractivity contribution is 0.207. The molecule has 0 amide bonds. The second kappa shape index (κ2) is 11.4. The molecule has 0 radical (unpaired) electrons. The number of nitrogens with zero attached hydrogens (tertiary/aromatic N) is 1. The number of furan rings is 1. The molecule has 1 fully saturated rings. The lowest BCUT2D eigenvalue weighted by Gasteiger charge is -2.30. The summed E-state index contributed by atoms with van der Waals surface area (Å²) < 4.78 is 10.5. The molecule has 0 aliphatic heterocycles. The van der Waals surface area contributed by atoms with Gasteiger partial charge in [0.2, 0.25) is 0 Å². The molecule has 1 aliphatic rings. The Morgan fingerprint density at radius 2 is 2.38 bits per heavy atom. The van der Waals surface area contributed by atoms with Gasteiger partial charge in [-0.25, -0.2) is 0 Å². The zero-order chi connectivity index (χ0) is 17.0. The largest absolute Gasteiger partial charge is 0.469 e. The van der Waals surface area contributed by atoms with Gasteiger partial charge in [0.15, 0.2) is 5.96 Å². The second-order valence-corrected chi connectivity index (χ2v) is 7.64. The number of hydrogen-bond acceptors (Lipinski definition) is 4. The molecular weight excluding hydrogens is 322 g/mol. The Bertz CT molecular complexity index is 463. The molecule has 2 N–H and O–H groups in total. The molecule has 136 valence electrons. The van der Waals surface area contributed by atoms with Crippen LogP contribution in [0, 0.1) is 0 Å². The molecule has 0 saturated heterocycles. The highest BCUT2D eigenvalue weighted by Gasteiger charge is 2.22. The number of methoxy groups -OCH3 is 1. The predicted molar refractivity (Wildman–Crippen MR) is 102 cm³/mol. The number of rotatable bonds is 9. The zero-order valence-corrected chi connectivity index (χ0v) is 15.7. The number of nitrogens with one attached hydrogen (secondary N) is 2. The van der Waals surface area contributed by atoms with Crippen molar-refractivity contribution in [3.05, 3.63) is 24.2 Å². The molecule has 2 atom stereocenters. The van der Waals surface area contributed by atoms with E-state index in [1.807, 2.05) is 12.1 Å². The first-order valence-corrected chi connectivity index (χ1v) is 10.0. The Labute approximate surface area is 150 Å². The van der Waals surface area contributed by atoms with E-state index < -0.39 is 0 Å². The molecule has 24 heavy (non-hydrogen) atoms. The molecule has 1 aromatic rings. The van der Waals surface area contributed by atoms with E-state index in [0.717, 1.165) is 29.9 Å². The van der Waals surface area contributed by atoms with E-state index in [4.69, 9.17) is 9.15 Å². The Balaban J connectivity index is 1.81. The van der Waals surface area contributed by atoms with E-state index in [2.05, 4.69) is 34.3 Å². The van der Waals surface area contributed by atoms with Gasteiger partial charge in [-0.2, -0.15) is 11.8 Å². The minimum atomic E-state index is 0.514. The van der Waals surface area contributed by atoms with Crippen molar-refractivity contribution >= 4 is 17.7 Å². The number of thioether (sulfide) groups is 1. The Morgan fingerprint density at radius 1 is 1.46 bits per heavy atom. The lowest BCUT2D eigenvalue weighted by Crippen LogP contribution is -2.46. The molecule has 6 heteroatoms. The highest BCUT2D eigenvalue weighted by atomic mass is 32.2. The number of guanidine groups is 1. The minimum absolute atomic E-state index is 0.514. The molecular formula is C18H31N3O2S. The molecule has 1 heterocycles. The van der Waals surface area contributed by atoms with Crippen molar-refractivity contribution in [1.82, 2.24) is 10.6 Å². The molecule has 2 unspecified atom stereocenters. The van der Waals surface area contributed by atoms with Crippen LogP contribution in [0.5, 0.6) is 0 Å². The van der Waals surface area contributed by atoms with E-state index in [9.17, 15) is 0 Å². The maximum Gasteiger partial charge on any atom is 0.191 e. The van der Waals surface area contributed by atoms with Crippen LogP contribution < -0.4 is 10.6 Å². The van der Waals surface area contributed by atoms with Gasteiger partial charge in [-0.3, -0.25) is 4.99 Å². The van der Waals surface area contributed by atoms with Crippen LogP contribution in [-0.4, -0.2) is 49.8 Å². The van der Waals surface area contributed by atoms with Gasteiger partial charge in [0.05, 0.1) is 19.4 Å². The summed E-state index contributed by atoms with van der Waals surface area (Å²) in [4.78, 5) is 4.63. The molecule has 1 saturated carbocycles. The first-order valence-electron chi connectivity index (χ1n) is 8.99. The highest BCUT2D eigenvalue weighted by Crippen LogP contribution is 2.28. The van der Waals surface area contributed by atoms with Gasteiger partial charge in [0, 0.05) is 31.4 Å². The van der Waals surface area contributed by atoms with Gasteiger partial charge in [0.25, 0.3) is 0 Å². The first kappa shape index (κ1) is 19.2. The molecule has 0 bridgehead atoms. The van der Waals surface area contributed by atoms with Gasteiger partial charge in [-0.1, -0.05) is 13.3 Å². The Kier molecular flexibility index (Phi) is 9.13. The van der Waals surface area contributed by atoms with Crippen LogP contribution in [0.25, 0.3) is 0 Å². The summed E-state index contributed by atoms with van der Waals surface area (Å²) in [5.41, 5.74) is 0. The van der Waals surface area contributed by atoms with Crippen LogP contribution >= 0.6 is 11.8 Å². The smallest absolute Gasteiger partial charge is 0.191 e. The van der Waals surface area contributed by atoms with E-state index >= 15 is 0 Å². The predicted octanol–water partition coefficient (Wildman–Crippen LogP) is 3.07. The fourth-order valence-corrected chi connectivity index (χ4v) is 4.19. The summed E-state index contributed by atoms with van der Waals surface area (Å²) in [6, 6.07) is 4.44. The van der Waals surface area contributed by atoms with Crippen LogP contribution in [-0.2, 0) is 11.2 Å². The van der Waals surface area contributed by atoms with E-state index in [1.165, 1.54) is 31.4 Å². The van der Waals surface area contributed by atoms with Crippen molar-refractivity contribution in [2.75, 3.05) is 32.6 Å². The van der Waals surface area contributed by atoms with Gasteiger partial charge >= 0.3 is 0 Å². The molecule has 1 aromatic heterocycles. The molecule has 5 nitrogen and oxygen atoms in total. The van der Waals surface area contributed by atoms with Crippen LogP contribution in [0.3, 0.4) is 0 Å². The average Bonchev–Trinajstić information content (AvgIpc) is 3.09. The topological polar surface area (TPSA) is 58.8 Å². The third kappa shape index (κ3) is 7.18. The van der Waals surface area contributed by atoms with Crippen molar-refractivity contribution in [3.63, 3.8) is 0 Å². The third-order valence-corrected chi connectivity index (χ3v) is 5.41. The number of aliphatic imine (C=N–C) groups is 1. The Hall–Kier alpha value is -1.14. The quantitative estimate of drug-likeness (QED) is 0.406. The maximum absolute atomic E-state index is 5.38. The summed E-state index contributed by atoms with van der Waals surface area (Å²) in [6.45, 7) is 4.37. The summed E-state index contributed by atoms with van der Waals surface area (Å²) in [7, 11) is 1.71. The van der Waals surface area contributed by atoms with Crippen molar-refractivity contribution in [2.45, 2.75) is 50.3 Å². The van der Waals surface area contributed by atoms with Crippen molar-refractivity contribution in [2.24, 2.45) is 4.99 Å². The summed E-state index contributed by atoms with van der Waals surface area (Å²) in [6.07, 6.45) is 7.67. The van der Waals surface area contributed by atoms with Crippen LogP contribution in [0.1, 0.15) is 38.4 Å². The molecule has 0 aromatic carbocycles.